The smallest absolute Gasteiger partial charge is 0.261 e. The normalized spacial score (nSPS) is 18.4. The number of benzene rings is 2. The minimum absolute atomic E-state index is 0.105. The van der Waals surface area contributed by atoms with Crippen LogP contribution in [0.3, 0.4) is 0 Å². The van der Waals surface area contributed by atoms with Crippen LogP contribution in [0.25, 0.3) is 0 Å². The molecule has 5 nitrogen and oxygen atoms in total. The van der Waals surface area contributed by atoms with E-state index in [2.05, 4.69) is 78.1 Å². The van der Waals surface area contributed by atoms with Gasteiger partial charge in [0.1, 0.15) is 0 Å². The van der Waals surface area contributed by atoms with Gasteiger partial charge in [0.15, 0.2) is 0 Å². The SMILES string of the molecule is CC(C)(CO)NC1C=CC(c2ccccc2)(c2ccccc2)C1.CS(=O)(=O)O. The Morgan fingerprint density at radius 1 is 1.04 bits per heavy atom. The first kappa shape index (κ1) is 22.3. The Morgan fingerprint density at radius 2 is 1.46 bits per heavy atom. The molecule has 2 aromatic rings. The summed E-state index contributed by atoms with van der Waals surface area (Å²) in [5.74, 6) is 0. The van der Waals surface area contributed by atoms with Gasteiger partial charge in [-0.3, -0.25) is 4.55 Å². The topological polar surface area (TPSA) is 86.6 Å². The van der Waals surface area contributed by atoms with E-state index >= 15 is 0 Å². The van der Waals surface area contributed by atoms with Crippen LogP contribution >= 0.6 is 0 Å². The summed E-state index contributed by atoms with van der Waals surface area (Å²) in [6, 6.07) is 21.6. The zero-order chi connectivity index (χ0) is 20.8. The fourth-order valence-electron chi connectivity index (χ4n) is 3.48. The molecule has 6 heteroatoms. The van der Waals surface area contributed by atoms with Gasteiger partial charge in [-0.1, -0.05) is 72.8 Å². The molecule has 3 N–H and O–H groups in total. The van der Waals surface area contributed by atoms with Crippen molar-refractivity contribution in [2.75, 3.05) is 12.9 Å². The Kier molecular flexibility index (Phi) is 7.17. The number of aliphatic hydroxyl groups excluding tert-OH is 1. The summed E-state index contributed by atoms with van der Waals surface area (Å²) >= 11 is 0. The van der Waals surface area contributed by atoms with E-state index in [0.717, 1.165) is 6.42 Å². The molecule has 0 heterocycles. The second-order valence-corrected chi connectivity index (χ2v) is 9.26. The van der Waals surface area contributed by atoms with Gasteiger partial charge >= 0.3 is 0 Å². The number of hydrogen-bond acceptors (Lipinski definition) is 4. The van der Waals surface area contributed by atoms with Gasteiger partial charge in [0, 0.05) is 17.0 Å². The van der Waals surface area contributed by atoms with E-state index < -0.39 is 10.1 Å². The van der Waals surface area contributed by atoms with Crippen molar-refractivity contribution in [2.24, 2.45) is 0 Å². The summed E-state index contributed by atoms with van der Waals surface area (Å²) in [4.78, 5) is 0. The second-order valence-electron chi connectivity index (χ2n) is 7.79. The largest absolute Gasteiger partial charge is 0.394 e. The van der Waals surface area contributed by atoms with Gasteiger partial charge in [-0.2, -0.15) is 8.42 Å². The van der Waals surface area contributed by atoms with Gasteiger partial charge in [0.2, 0.25) is 0 Å². The standard InChI is InChI=1S/C21H25NO.CH4O3S/c1-20(2,16-23)22-19-13-14-21(15-19,17-9-5-3-6-10-17)18-11-7-4-8-12-18;1-5(2,3)4/h3-14,19,22-23H,15-16H2,1-2H3;1H3,(H,2,3,4). The first-order valence-corrected chi connectivity index (χ1v) is 11.0. The van der Waals surface area contributed by atoms with Crippen LogP contribution in [0, 0.1) is 0 Å². The summed E-state index contributed by atoms with van der Waals surface area (Å²) in [5.41, 5.74) is 2.24. The zero-order valence-corrected chi connectivity index (χ0v) is 17.4. The van der Waals surface area contributed by atoms with Crippen molar-refractivity contribution < 1.29 is 18.1 Å². The molecule has 0 saturated carbocycles. The lowest BCUT2D eigenvalue weighted by molar-refractivity contribution is 0.179. The molecule has 1 aliphatic carbocycles. The van der Waals surface area contributed by atoms with Crippen LogP contribution in [-0.4, -0.2) is 42.5 Å². The Hall–Kier alpha value is -1.99. The molecule has 152 valence electrons. The van der Waals surface area contributed by atoms with E-state index in [1.165, 1.54) is 11.1 Å². The van der Waals surface area contributed by atoms with E-state index in [4.69, 9.17) is 4.55 Å². The van der Waals surface area contributed by atoms with Gasteiger partial charge < -0.3 is 10.4 Å². The third kappa shape index (κ3) is 6.27. The van der Waals surface area contributed by atoms with Gasteiger partial charge in [0.05, 0.1) is 12.9 Å². The quantitative estimate of drug-likeness (QED) is 0.527. The summed E-state index contributed by atoms with van der Waals surface area (Å²) in [6.07, 6.45) is 6.25. The Labute approximate surface area is 167 Å². The molecular formula is C22H29NO4S. The molecule has 0 aliphatic heterocycles. The number of aliphatic hydroxyl groups is 1. The molecule has 2 aromatic carbocycles. The fourth-order valence-corrected chi connectivity index (χ4v) is 3.48. The predicted molar refractivity (Wildman–Crippen MR) is 113 cm³/mol. The van der Waals surface area contributed by atoms with Crippen LogP contribution in [0.5, 0.6) is 0 Å². The highest BCUT2D eigenvalue weighted by Gasteiger charge is 2.39. The average Bonchev–Trinajstić information content (AvgIpc) is 3.06. The fraction of sp³-hybridized carbons (Fsp3) is 0.364. The maximum atomic E-state index is 9.53. The molecule has 1 atom stereocenters. The molecule has 3 rings (SSSR count). The van der Waals surface area contributed by atoms with E-state index in [0.29, 0.717) is 6.26 Å². The Balaban J connectivity index is 0.000000500. The highest BCUT2D eigenvalue weighted by atomic mass is 32.2. The molecule has 0 bridgehead atoms. The average molecular weight is 404 g/mol. The number of nitrogens with one attached hydrogen (secondary N) is 1. The van der Waals surface area contributed by atoms with Crippen LogP contribution in [0.1, 0.15) is 31.4 Å². The highest BCUT2D eigenvalue weighted by Crippen LogP contribution is 2.42. The third-order valence-electron chi connectivity index (χ3n) is 4.70. The van der Waals surface area contributed by atoms with Crippen LogP contribution < -0.4 is 5.32 Å². The van der Waals surface area contributed by atoms with Crippen molar-refractivity contribution >= 4 is 10.1 Å². The molecule has 1 unspecified atom stereocenters. The molecule has 0 amide bonds. The van der Waals surface area contributed by atoms with Crippen molar-refractivity contribution in [2.45, 2.75) is 37.3 Å². The van der Waals surface area contributed by atoms with E-state index in [1.54, 1.807) is 0 Å². The van der Waals surface area contributed by atoms with E-state index in [9.17, 15) is 13.5 Å². The van der Waals surface area contributed by atoms with Gasteiger partial charge in [-0.15, -0.1) is 0 Å². The lowest BCUT2D eigenvalue weighted by Gasteiger charge is -2.33. The second kappa shape index (κ2) is 9.01. The van der Waals surface area contributed by atoms with Crippen molar-refractivity contribution in [3.05, 3.63) is 83.9 Å². The molecule has 0 aromatic heterocycles. The van der Waals surface area contributed by atoms with Gasteiger partial charge in [-0.05, 0) is 31.4 Å². The lowest BCUT2D eigenvalue weighted by Crippen LogP contribution is -2.48. The number of hydrogen-bond donors (Lipinski definition) is 3. The Bertz CT molecular complexity index is 830. The molecule has 0 spiro atoms. The lowest BCUT2D eigenvalue weighted by atomic mass is 9.73. The van der Waals surface area contributed by atoms with Crippen molar-refractivity contribution in [3.8, 4) is 0 Å². The van der Waals surface area contributed by atoms with Crippen molar-refractivity contribution in [1.82, 2.24) is 5.32 Å². The summed E-state index contributed by atoms with van der Waals surface area (Å²) in [6.45, 7) is 4.19. The summed E-state index contributed by atoms with van der Waals surface area (Å²) in [5, 5.41) is 13.1. The molecule has 1 aliphatic rings. The number of rotatable bonds is 5. The molecule has 0 radical (unpaired) electrons. The van der Waals surface area contributed by atoms with Crippen LogP contribution in [-0.2, 0) is 15.5 Å². The number of allylic oxidation sites excluding steroid dienone is 1. The van der Waals surface area contributed by atoms with E-state index in [-0.39, 0.29) is 23.6 Å². The van der Waals surface area contributed by atoms with E-state index in [1.807, 2.05) is 13.8 Å². The van der Waals surface area contributed by atoms with Crippen molar-refractivity contribution in [3.63, 3.8) is 0 Å². The summed E-state index contributed by atoms with van der Waals surface area (Å²) < 4.78 is 25.9. The molecule has 28 heavy (non-hydrogen) atoms. The Morgan fingerprint density at radius 3 is 1.86 bits per heavy atom. The first-order chi connectivity index (χ1) is 13.1. The van der Waals surface area contributed by atoms with Crippen molar-refractivity contribution in [1.29, 1.82) is 0 Å². The van der Waals surface area contributed by atoms with Crippen LogP contribution in [0.2, 0.25) is 0 Å². The third-order valence-corrected chi connectivity index (χ3v) is 4.70. The predicted octanol–water partition coefficient (Wildman–Crippen LogP) is 3.17. The first-order valence-electron chi connectivity index (χ1n) is 9.17. The van der Waals surface area contributed by atoms with Crippen LogP contribution in [0.4, 0.5) is 0 Å². The molecular weight excluding hydrogens is 374 g/mol. The molecule has 0 fully saturated rings. The van der Waals surface area contributed by atoms with Gasteiger partial charge in [0.25, 0.3) is 10.1 Å². The minimum Gasteiger partial charge on any atom is -0.394 e. The monoisotopic (exact) mass is 403 g/mol. The van der Waals surface area contributed by atoms with Crippen LogP contribution in [0.15, 0.2) is 72.8 Å². The minimum atomic E-state index is -3.67. The maximum Gasteiger partial charge on any atom is 0.261 e. The van der Waals surface area contributed by atoms with Gasteiger partial charge in [-0.25, -0.2) is 0 Å². The highest BCUT2D eigenvalue weighted by molar-refractivity contribution is 7.85. The zero-order valence-electron chi connectivity index (χ0n) is 16.5. The molecule has 0 saturated heterocycles. The summed E-state index contributed by atoms with van der Waals surface area (Å²) in [7, 11) is -3.67. The maximum absolute atomic E-state index is 9.53.